The molecule has 2 aliphatic heterocycles. The molecule has 0 aromatic heterocycles. The molecule has 3 aliphatic rings. The van der Waals surface area contributed by atoms with Gasteiger partial charge in [-0.3, -0.25) is 9.59 Å². The molecule has 1 aliphatic carbocycles. The summed E-state index contributed by atoms with van der Waals surface area (Å²) >= 11 is 0. The normalized spacial score (nSPS) is 29.3. The lowest BCUT2D eigenvalue weighted by molar-refractivity contribution is -0.139. The number of amides is 4. The number of hydrogen-bond donors (Lipinski definition) is 1. The fraction of sp³-hybridized carbons (Fsp3) is 0.800. The van der Waals surface area contributed by atoms with Crippen molar-refractivity contribution in [2.45, 2.75) is 50.7 Å². The SMILES string of the molecule is C[C@H]1C(=O)N(C)C[C@@H]2CN(CC(=O)NC3CCCC3)C(=O)N21. The number of carbonyl (C=O) groups is 3. The maximum atomic E-state index is 12.5. The summed E-state index contributed by atoms with van der Waals surface area (Å²) in [5.41, 5.74) is 0. The first-order chi connectivity index (χ1) is 10.5. The van der Waals surface area contributed by atoms with E-state index in [1.165, 1.54) is 0 Å². The molecule has 122 valence electrons. The van der Waals surface area contributed by atoms with Crippen LogP contribution in [0, 0.1) is 0 Å². The van der Waals surface area contributed by atoms with E-state index in [4.69, 9.17) is 0 Å². The number of piperazine rings is 1. The smallest absolute Gasteiger partial charge is 0.321 e. The van der Waals surface area contributed by atoms with Crippen molar-refractivity contribution in [3.8, 4) is 0 Å². The second-order valence-corrected chi connectivity index (χ2v) is 6.67. The Hall–Kier alpha value is -1.79. The van der Waals surface area contributed by atoms with Gasteiger partial charge in [-0.1, -0.05) is 12.8 Å². The first kappa shape index (κ1) is 15.1. The van der Waals surface area contributed by atoms with Gasteiger partial charge in [0.15, 0.2) is 0 Å². The van der Waals surface area contributed by atoms with Crippen molar-refractivity contribution >= 4 is 17.8 Å². The van der Waals surface area contributed by atoms with E-state index in [-0.39, 0.29) is 36.5 Å². The van der Waals surface area contributed by atoms with Crippen LogP contribution < -0.4 is 5.32 Å². The Morgan fingerprint density at radius 1 is 1.23 bits per heavy atom. The number of urea groups is 1. The molecular formula is C15H24N4O3. The van der Waals surface area contributed by atoms with E-state index in [0.717, 1.165) is 25.7 Å². The maximum Gasteiger partial charge on any atom is 0.321 e. The molecule has 0 unspecified atom stereocenters. The molecule has 7 heteroatoms. The first-order valence-corrected chi connectivity index (χ1v) is 8.09. The van der Waals surface area contributed by atoms with E-state index in [9.17, 15) is 14.4 Å². The van der Waals surface area contributed by atoms with Gasteiger partial charge in [-0.15, -0.1) is 0 Å². The summed E-state index contributed by atoms with van der Waals surface area (Å²) in [6.07, 6.45) is 4.39. The summed E-state index contributed by atoms with van der Waals surface area (Å²) < 4.78 is 0. The lowest BCUT2D eigenvalue weighted by atomic mass is 10.1. The first-order valence-electron chi connectivity index (χ1n) is 8.09. The molecule has 3 fully saturated rings. The number of rotatable bonds is 3. The van der Waals surface area contributed by atoms with Gasteiger partial charge in [-0.2, -0.15) is 0 Å². The Morgan fingerprint density at radius 2 is 1.91 bits per heavy atom. The number of carbonyl (C=O) groups excluding carboxylic acids is 3. The zero-order chi connectivity index (χ0) is 15.9. The monoisotopic (exact) mass is 308 g/mol. The topological polar surface area (TPSA) is 73.0 Å². The Balaban J connectivity index is 1.60. The highest BCUT2D eigenvalue weighted by atomic mass is 16.2. The van der Waals surface area contributed by atoms with Crippen LogP contribution in [0.4, 0.5) is 4.79 Å². The molecule has 0 aromatic carbocycles. The van der Waals surface area contributed by atoms with Crippen LogP contribution in [0.1, 0.15) is 32.6 Å². The summed E-state index contributed by atoms with van der Waals surface area (Å²) in [7, 11) is 1.76. The quantitative estimate of drug-likeness (QED) is 0.798. The van der Waals surface area contributed by atoms with Gasteiger partial charge in [0.2, 0.25) is 11.8 Å². The highest BCUT2D eigenvalue weighted by molar-refractivity contribution is 5.91. The molecule has 0 aromatic rings. The van der Waals surface area contributed by atoms with Crippen LogP contribution in [-0.4, -0.2) is 77.4 Å². The third-order valence-electron chi connectivity index (χ3n) is 5.01. The largest absolute Gasteiger partial charge is 0.352 e. The van der Waals surface area contributed by atoms with E-state index in [2.05, 4.69) is 5.32 Å². The molecule has 0 radical (unpaired) electrons. The molecule has 7 nitrogen and oxygen atoms in total. The molecular weight excluding hydrogens is 284 g/mol. The number of likely N-dealkylation sites (N-methyl/N-ethyl adjacent to an activating group) is 1. The zero-order valence-electron chi connectivity index (χ0n) is 13.2. The predicted octanol–water partition coefficient (Wildman–Crippen LogP) is 0.0119. The van der Waals surface area contributed by atoms with Gasteiger partial charge < -0.3 is 20.0 Å². The number of nitrogens with zero attached hydrogens (tertiary/aromatic N) is 3. The van der Waals surface area contributed by atoms with Crippen molar-refractivity contribution in [3.05, 3.63) is 0 Å². The highest BCUT2D eigenvalue weighted by Crippen LogP contribution is 2.25. The van der Waals surface area contributed by atoms with Gasteiger partial charge >= 0.3 is 6.03 Å². The molecule has 2 saturated heterocycles. The fourth-order valence-electron chi connectivity index (χ4n) is 3.86. The standard InChI is InChI=1S/C15H24N4O3/c1-10-14(21)17(2)7-12-8-18(15(22)19(10)12)9-13(20)16-11-5-3-4-6-11/h10-12H,3-9H2,1-2H3,(H,16,20)/t10-,12+/m0/s1. The van der Waals surface area contributed by atoms with Gasteiger partial charge in [-0.25, -0.2) is 4.79 Å². The molecule has 2 heterocycles. The minimum absolute atomic E-state index is 0.00974. The van der Waals surface area contributed by atoms with Crippen LogP contribution in [0.25, 0.3) is 0 Å². The average Bonchev–Trinajstić information content (AvgIpc) is 3.06. The molecule has 4 amide bonds. The van der Waals surface area contributed by atoms with E-state index in [1.54, 1.807) is 28.7 Å². The molecule has 0 bridgehead atoms. The van der Waals surface area contributed by atoms with Gasteiger partial charge in [0.1, 0.15) is 12.6 Å². The molecule has 2 atom stereocenters. The summed E-state index contributed by atoms with van der Waals surface area (Å²) in [6.45, 7) is 2.90. The van der Waals surface area contributed by atoms with Crippen LogP contribution in [0.15, 0.2) is 0 Å². The second kappa shape index (κ2) is 5.78. The Morgan fingerprint density at radius 3 is 2.59 bits per heavy atom. The van der Waals surface area contributed by atoms with Crippen molar-refractivity contribution in [3.63, 3.8) is 0 Å². The minimum Gasteiger partial charge on any atom is -0.352 e. The van der Waals surface area contributed by atoms with E-state index in [0.29, 0.717) is 13.1 Å². The molecule has 0 spiro atoms. The Bertz CT molecular complexity index is 489. The van der Waals surface area contributed by atoms with Crippen LogP contribution in [0.3, 0.4) is 0 Å². The summed E-state index contributed by atoms with van der Waals surface area (Å²) in [5, 5.41) is 3.01. The summed E-state index contributed by atoms with van der Waals surface area (Å²) in [4.78, 5) is 41.5. The predicted molar refractivity (Wildman–Crippen MR) is 80.1 cm³/mol. The van der Waals surface area contributed by atoms with Crippen molar-refractivity contribution in [2.75, 3.05) is 26.7 Å². The lowest BCUT2D eigenvalue weighted by Crippen LogP contribution is -2.59. The van der Waals surface area contributed by atoms with E-state index < -0.39 is 6.04 Å². The van der Waals surface area contributed by atoms with Crippen molar-refractivity contribution in [1.29, 1.82) is 0 Å². The maximum absolute atomic E-state index is 12.5. The van der Waals surface area contributed by atoms with Crippen molar-refractivity contribution < 1.29 is 14.4 Å². The zero-order valence-corrected chi connectivity index (χ0v) is 13.2. The van der Waals surface area contributed by atoms with Gasteiger partial charge in [-0.05, 0) is 19.8 Å². The van der Waals surface area contributed by atoms with Crippen molar-refractivity contribution in [2.24, 2.45) is 0 Å². The highest BCUT2D eigenvalue weighted by Gasteiger charge is 2.47. The fourth-order valence-corrected chi connectivity index (χ4v) is 3.86. The van der Waals surface area contributed by atoms with E-state index >= 15 is 0 Å². The van der Waals surface area contributed by atoms with Crippen LogP contribution in [0.5, 0.6) is 0 Å². The van der Waals surface area contributed by atoms with Crippen LogP contribution in [-0.2, 0) is 9.59 Å². The third kappa shape index (κ3) is 2.64. The summed E-state index contributed by atoms with van der Waals surface area (Å²) in [6, 6.07) is -0.386. The average molecular weight is 308 g/mol. The van der Waals surface area contributed by atoms with Crippen LogP contribution >= 0.6 is 0 Å². The molecule has 22 heavy (non-hydrogen) atoms. The third-order valence-corrected chi connectivity index (χ3v) is 5.01. The molecule has 1 N–H and O–H groups in total. The van der Waals surface area contributed by atoms with Crippen molar-refractivity contribution in [1.82, 2.24) is 20.0 Å². The molecule has 1 saturated carbocycles. The van der Waals surface area contributed by atoms with Gasteiger partial charge in [0.05, 0.1) is 6.04 Å². The van der Waals surface area contributed by atoms with Crippen LogP contribution in [0.2, 0.25) is 0 Å². The Labute approximate surface area is 130 Å². The number of hydrogen-bond acceptors (Lipinski definition) is 3. The van der Waals surface area contributed by atoms with Gasteiger partial charge in [0, 0.05) is 26.2 Å². The minimum atomic E-state index is -0.445. The van der Waals surface area contributed by atoms with Gasteiger partial charge in [0.25, 0.3) is 0 Å². The number of nitrogens with one attached hydrogen (secondary N) is 1. The molecule has 3 rings (SSSR count). The second-order valence-electron chi connectivity index (χ2n) is 6.67. The Kier molecular flexibility index (Phi) is 3.97. The van der Waals surface area contributed by atoms with E-state index in [1.807, 2.05) is 0 Å². The lowest BCUT2D eigenvalue weighted by Gasteiger charge is -2.38. The number of fused-ring (bicyclic) bond motifs is 1. The summed E-state index contributed by atoms with van der Waals surface area (Å²) in [5.74, 6) is -0.130.